The fraction of sp³-hybridized carbons (Fsp3) is 0. The van der Waals surface area contributed by atoms with Crippen molar-refractivity contribution in [2.45, 2.75) is 0 Å². The second-order valence-electron chi connectivity index (χ2n) is 16.8. The third-order valence-electron chi connectivity index (χ3n) is 13.2. The summed E-state index contributed by atoms with van der Waals surface area (Å²) in [6.45, 7) is 0. The van der Waals surface area contributed by atoms with Crippen molar-refractivity contribution in [1.82, 2.24) is 4.57 Å². The fourth-order valence-electron chi connectivity index (χ4n) is 10.1. The van der Waals surface area contributed by atoms with Gasteiger partial charge >= 0.3 is 0 Å². The molecule has 0 aliphatic heterocycles. The Labute approximate surface area is 381 Å². The van der Waals surface area contributed by atoms with E-state index in [1.165, 1.54) is 97.1 Å². The summed E-state index contributed by atoms with van der Waals surface area (Å²) < 4.78 is 5.10. The molecule has 0 atom stereocenters. The molecule has 0 unspecified atom stereocenters. The first-order valence-corrected chi connectivity index (χ1v) is 23.1. The van der Waals surface area contributed by atoms with E-state index in [2.05, 4.69) is 252 Å². The van der Waals surface area contributed by atoms with Gasteiger partial charge in [-0.1, -0.05) is 188 Å². The number of para-hydroxylation sites is 1. The second-order valence-corrected chi connectivity index (χ2v) is 17.9. The quantitative estimate of drug-likeness (QED) is 0.145. The number of thiophene rings is 1. The van der Waals surface area contributed by atoms with Crippen LogP contribution >= 0.6 is 11.3 Å². The number of hydrogen-bond donors (Lipinski definition) is 0. The largest absolute Gasteiger partial charge is 0.310 e. The predicted octanol–water partition coefficient (Wildman–Crippen LogP) is 17.9. The Balaban J connectivity index is 1.14. The molecule has 2 heterocycles. The molecule has 304 valence electrons. The molecule has 0 spiro atoms. The second kappa shape index (κ2) is 15.2. The van der Waals surface area contributed by atoms with Crippen LogP contribution < -0.4 is 4.90 Å². The van der Waals surface area contributed by atoms with Crippen LogP contribution in [0.1, 0.15) is 0 Å². The maximum Gasteiger partial charge on any atom is 0.0562 e. The number of fused-ring (bicyclic) bond motifs is 9. The normalized spacial score (nSPS) is 11.7. The molecule has 0 aliphatic rings. The SMILES string of the molecule is c1ccc(-c2ccc(N(c3ccc(-c4ccccc4)cc3)c3cc4c(cc3-c3cccc5c3sc3ccccc35)c3ccccc3n4-c3cc4ccccc4c4ccccc34)cc2)cc1. The molecule has 2 nitrogen and oxygen atoms in total. The monoisotopic (exact) mass is 844 g/mol. The first-order chi connectivity index (χ1) is 32.2. The number of nitrogens with zero attached hydrogens (tertiary/aromatic N) is 2. The zero-order chi connectivity index (χ0) is 42.8. The molecule has 0 aliphatic carbocycles. The van der Waals surface area contributed by atoms with Gasteiger partial charge in [0.05, 0.1) is 22.4 Å². The number of anilines is 3. The summed E-state index contributed by atoms with van der Waals surface area (Å²) >= 11 is 1.88. The average Bonchev–Trinajstić information content (AvgIpc) is 3.92. The minimum absolute atomic E-state index is 1.08. The minimum atomic E-state index is 1.08. The molecule has 65 heavy (non-hydrogen) atoms. The summed E-state index contributed by atoms with van der Waals surface area (Å²) in [4.78, 5) is 2.48. The highest BCUT2D eigenvalue weighted by molar-refractivity contribution is 7.26. The van der Waals surface area contributed by atoms with E-state index in [-0.39, 0.29) is 0 Å². The zero-order valence-electron chi connectivity index (χ0n) is 35.4. The first-order valence-electron chi connectivity index (χ1n) is 22.2. The highest BCUT2D eigenvalue weighted by Crippen LogP contribution is 2.50. The van der Waals surface area contributed by atoms with Gasteiger partial charge in [0, 0.05) is 58.8 Å². The first kappa shape index (κ1) is 37.3. The molecular weight excluding hydrogens is 805 g/mol. The van der Waals surface area contributed by atoms with E-state index in [9.17, 15) is 0 Å². The molecule has 13 aromatic rings. The fourth-order valence-corrected chi connectivity index (χ4v) is 11.4. The van der Waals surface area contributed by atoms with E-state index in [1.54, 1.807) is 0 Å². The molecule has 0 radical (unpaired) electrons. The van der Waals surface area contributed by atoms with E-state index in [0.717, 1.165) is 22.6 Å². The lowest BCUT2D eigenvalue weighted by Gasteiger charge is -2.29. The lowest BCUT2D eigenvalue weighted by molar-refractivity contribution is 1.20. The van der Waals surface area contributed by atoms with Crippen molar-refractivity contribution in [3.63, 3.8) is 0 Å². The molecule has 0 bridgehead atoms. The molecule has 0 fully saturated rings. The Morgan fingerprint density at radius 3 is 1.55 bits per heavy atom. The van der Waals surface area contributed by atoms with Crippen LogP contribution in [0.25, 0.3) is 103 Å². The summed E-state index contributed by atoms with van der Waals surface area (Å²) in [5.74, 6) is 0. The van der Waals surface area contributed by atoms with Crippen molar-refractivity contribution < 1.29 is 0 Å². The van der Waals surface area contributed by atoms with Crippen LogP contribution in [-0.2, 0) is 0 Å². The summed E-state index contributed by atoms with van der Waals surface area (Å²) in [5.41, 5.74) is 13.9. The number of benzene rings is 11. The van der Waals surface area contributed by atoms with Gasteiger partial charge in [-0.15, -0.1) is 11.3 Å². The van der Waals surface area contributed by atoms with E-state index in [1.807, 2.05) is 11.3 Å². The molecule has 3 heteroatoms. The van der Waals surface area contributed by atoms with E-state index < -0.39 is 0 Å². The number of aromatic nitrogens is 1. The maximum atomic E-state index is 2.52. The predicted molar refractivity (Wildman–Crippen MR) is 280 cm³/mol. The van der Waals surface area contributed by atoms with Gasteiger partial charge in [0.15, 0.2) is 0 Å². The molecule has 0 N–H and O–H groups in total. The van der Waals surface area contributed by atoms with Gasteiger partial charge in [0.1, 0.15) is 0 Å². The summed E-state index contributed by atoms with van der Waals surface area (Å²) in [7, 11) is 0. The van der Waals surface area contributed by atoms with Crippen molar-refractivity contribution in [3.05, 3.63) is 243 Å². The Bertz CT molecular complexity index is 3840. The smallest absolute Gasteiger partial charge is 0.0562 e. The standard InChI is InChI=1S/C62H40N2S/c1-3-16-41(17-4-1)43-30-34-46(35-31-43)63(47-36-32-44(33-37-47)42-18-5-2-6-19-42)59-40-60-55(39-56(59)54-27-15-26-53-52-25-12-14-29-61(52)65-62(53)54)51-24-11-13-28-57(51)64(60)58-38-45-20-7-8-21-48(45)49-22-9-10-23-50(49)58/h1-40H. The van der Waals surface area contributed by atoms with Gasteiger partial charge < -0.3 is 9.47 Å². The van der Waals surface area contributed by atoms with Crippen molar-refractivity contribution in [1.29, 1.82) is 0 Å². The van der Waals surface area contributed by atoms with Crippen LogP contribution in [0.2, 0.25) is 0 Å². The Morgan fingerprint density at radius 1 is 0.323 bits per heavy atom. The van der Waals surface area contributed by atoms with Gasteiger partial charge in [-0.2, -0.15) is 0 Å². The highest BCUT2D eigenvalue weighted by atomic mass is 32.1. The molecule has 2 aromatic heterocycles. The molecular formula is C62H40N2S. The maximum absolute atomic E-state index is 2.52. The Morgan fingerprint density at radius 2 is 0.862 bits per heavy atom. The summed E-state index contributed by atoms with van der Waals surface area (Å²) in [6.07, 6.45) is 0. The third-order valence-corrected chi connectivity index (χ3v) is 14.4. The molecule has 0 amide bonds. The lowest BCUT2D eigenvalue weighted by atomic mass is 9.96. The van der Waals surface area contributed by atoms with Gasteiger partial charge in [-0.3, -0.25) is 0 Å². The minimum Gasteiger partial charge on any atom is -0.310 e. The number of rotatable bonds is 7. The van der Waals surface area contributed by atoms with Crippen LogP contribution in [0.5, 0.6) is 0 Å². The topological polar surface area (TPSA) is 8.17 Å². The van der Waals surface area contributed by atoms with Crippen LogP contribution in [0.4, 0.5) is 17.1 Å². The van der Waals surface area contributed by atoms with Crippen LogP contribution in [-0.4, -0.2) is 4.57 Å². The number of hydrogen-bond acceptors (Lipinski definition) is 2. The van der Waals surface area contributed by atoms with E-state index in [4.69, 9.17) is 0 Å². The van der Waals surface area contributed by atoms with Gasteiger partial charge in [-0.25, -0.2) is 0 Å². The van der Waals surface area contributed by atoms with Crippen molar-refractivity contribution in [3.8, 4) is 39.1 Å². The van der Waals surface area contributed by atoms with Gasteiger partial charge in [0.25, 0.3) is 0 Å². The van der Waals surface area contributed by atoms with Crippen molar-refractivity contribution in [2.24, 2.45) is 0 Å². The van der Waals surface area contributed by atoms with E-state index in [0.29, 0.717) is 0 Å². The Hall–Kier alpha value is -8.24. The van der Waals surface area contributed by atoms with Crippen LogP contribution in [0.15, 0.2) is 243 Å². The van der Waals surface area contributed by atoms with Crippen LogP contribution in [0.3, 0.4) is 0 Å². The zero-order valence-corrected chi connectivity index (χ0v) is 36.2. The van der Waals surface area contributed by atoms with Crippen LogP contribution in [0, 0.1) is 0 Å². The van der Waals surface area contributed by atoms with Gasteiger partial charge in [-0.05, 0) is 93.0 Å². The summed E-state index contributed by atoms with van der Waals surface area (Å²) in [5, 5.41) is 9.97. The molecule has 11 aromatic carbocycles. The summed E-state index contributed by atoms with van der Waals surface area (Å²) in [6, 6.07) is 89.1. The van der Waals surface area contributed by atoms with Gasteiger partial charge in [0.2, 0.25) is 0 Å². The van der Waals surface area contributed by atoms with Crippen molar-refractivity contribution >= 4 is 91.9 Å². The molecule has 0 saturated heterocycles. The van der Waals surface area contributed by atoms with E-state index >= 15 is 0 Å². The molecule has 13 rings (SSSR count). The third kappa shape index (κ3) is 6.16. The van der Waals surface area contributed by atoms with Crippen molar-refractivity contribution in [2.75, 3.05) is 4.90 Å². The lowest BCUT2D eigenvalue weighted by Crippen LogP contribution is -2.11. The highest BCUT2D eigenvalue weighted by Gasteiger charge is 2.25. The molecule has 0 saturated carbocycles. The average molecular weight is 845 g/mol. The Kier molecular flexibility index (Phi) is 8.75.